The van der Waals surface area contributed by atoms with Gasteiger partial charge in [-0.25, -0.2) is 12.8 Å². The van der Waals surface area contributed by atoms with Crippen LogP contribution in [0.25, 0.3) is 0 Å². The molecule has 6 nitrogen and oxygen atoms in total. The zero-order valence-electron chi connectivity index (χ0n) is 15.9. The molecule has 0 spiro atoms. The molecule has 2 aromatic carbocycles. The Balaban J connectivity index is 1.87. The van der Waals surface area contributed by atoms with Gasteiger partial charge in [-0.15, -0.1) is 0 Å². The number of rotatable bonds is 6. The molecule has 1 aliphatic heterocycles. The van der Waals surface area contributed by atoms with E-state index in [4.69, 9.17) is 4.74 Å². The molecule has 0 unspecified atom stereocenters. The third-order valence-electron chi connectivity index (χ3n) is 4.77. The van der Waals surface area contributed by atoms with Crippen LogP contribution >= 0.6 is 0 Å². The van der Waals surface area contributed by atoms with E-state index in [2.05, 4.69) is 0 Å². The SMILES string of the molecule is COc1ccc(C(=O)N(C)Cc2ccc(F)cc2)cc1S(=O)(=O)N1CCCC1. The Morgan fingerprint density at radius 2 is 1.79 bits per heavy atom. The van der Waals surface area contributed by atoms with Gasteiger partial charge in [0.25, 0.3) is 5.91 Å². The first kappa shape index (κ1) is 20.3. The molecule has 0 bridgehead atoms. The van der Waals surface area contributed by atoms with Gasteiger partial charge in [-0.1, -0.05) is 12.1 Å². The van der Waals surface area contributed by atoms with Crippen molar-refractivity contribution in [3.8, 4) is 5.75 Å². The summed E-state index contributed by atoms with van der Waals surface area (Å²) in [6, 6.07) is 10.3. The second-order valence-electron chi connectivity index (χ2n) is 6.76. The number of benzene rings is 2. The van der Waals surface area contributed by atoms with E-state index in [-0.39, 0.29) is 34.5 Å². The van der Waals surface area contributed by atoms with Crippen LogP contribution in [0.15, 0.2) is 47.4 Å². The molecule has 3 rings (SSSR count). The highest BCUT2D eigenvalue weighted by Crippen LogP contribution is 2.30. The molecule has 0 aromatic heterocycles. The van der Waals surface area contributed by atoms with Gasteiger partial charge in [0.2, 0.25) is 10.0 Å². The lowest BCUT2D eigenvalue weighted by Crippen LogP contribution is -2.29. The fourth-order valence-electron chi connectivity index (χ4n) is 3.23. The highest BCUT2D eigenvalue weighted by atomic mass is 32.2. The van der Waals surface area contributed by atoms with Crippen molar-refractivity contribution in [1.29, 1.82) is 0 Å². The van der Waals surface area contributed by atoms with E-state index >= 15 is 0 Å². The predicted octanol–water partition coefficient (Wildman–Crippen LogP) is 2.89. The first-order valence-electron chi connectivity index (χ1n) is 9.01. The number of nitrogens with zero attached hydrogens (tertiary/aromatic N) is 2. The summed E-state index contributed by atoms with van der Waals surface area (Å²) in [5, 5.41) is 0. The second-order valence-corrected chi connectivity index (χ2v) is 8.67. The molecule has 1 aliphatic rings. The minimum absolute atomic E-state index is 0.00191. The lowest BCUT2D eigenvalue weighted by atomic mass is 10.1. The van der Waals surface area contributed by atoms with Crippen LogP contribution in [0.5, 0.6) is 5.75 Å². The lowest BCUT2D eigenvalue weighted by molar-refractivity contribution is 0.0785. The first-order valence-corrected chi connectivity index (χ1v) is 10.4. The summed E-state index contributed by atoms with van der Waals surface area (Å²) in [6.07, 6.45) is 1.64. The van der Waals surface area contributed by atoms with E-state index in [9.17, 15) is 17.6 Å². The van der Waals surface area contributed by atoms with Gasteiger partial charge < -0.3 is 9.64 Å². The predicted molar refractivity (Wildman–Crippen MR) is 103 cm³/mol. The van der Waals surface area contributed by atoms with Crippen LogP contribution in [-0.4, -0.2) is 50.8 Å². The lowest BCUT2D eigenvalue weighted by Gasteiger charge is -2.20. The zero-order chi connectivity index (χ0) is 20.3. The quantitative estimate of drug-likeness (QED) is 0.740. The summed E-state index contributed by atoms with van der Waals surface area (Å²) < 4.78 is 45.6. The summed E-state index contributed by atoms with van der Waals surface area (Å²) in [4.78, 5) is 14.3. The molecule has 0 N–H and O–H groups in total. The Morgan fingerprint density at radius 3 is 2.39 bits per heavy atom. The minimum Gasteiger partial charge on any atom is -0.495 e. The number of carbonyl (C=O) groups excluding carboxylic acids is 1. The summed E-state index contributed by atoms with van der Waals surface area (Å²) >= 11 is 0. The van der Waals surface area contributed by atoms with Crippen LogP contribution in [-0.2, 0) is 16.6 Å². The number of methoxy groups -OCH3 is 1. The fraction of sp³-hybridized carbons (Fsp3) is 0.350. The fourth-order valence-corrected chi connectivity index (χ4v) is 4.93. The average molecular weight is 406 g/mol. The van der Waals surface area contributed by atoms with E-state index in [1.165, 1.54) is 40.6 Å². The first-order chi connectivity index (χ1) is 13.3. The molecule has 0 radical (unpaired) electrons. The van der Waals surface area contributed by atoms with E-state index < -0.39 is 10.0 Å². The van der Waals surface area contributed by atoms with Crippen molar-refractivity contribution in [2.45, 2.75) is 24.3 Å². The van der Waals surface area contributed by atoms with E-state index in [0.29, 0.717) is 13.1 Å². The van der Waals surface area contributed by atoms with Crippen LogP contribution in [0.4, 0.5) is 4.39 Å². The highest BCUT2D eigenvalue weighted by Gasteiger charge is 2.31. The van der Waals surface area contributed by atoms with Crippen molar-refractivity contribution in [2.75, 3.05) is 27.2 Å². The average Bonchev–Trinajstić information content (AvgIpc) is 3.24. The number of sulfonamides is 1. The molecule has 150 valence electrons. The Hall–Kier alpha value is -2.45. The summed E-state index contributed by atoms with van der Waals surface area (Å²) in [5.41, 5.74) is 1.03. The number of hydrogen-bond donors (Lipinski definition) is 0. The molecule has 1 amide bonds. The van der Waals surface area contributed by atoms with Gasteiger partial charge in [-0.05, 0) is 48.7 Å². The third kappa shape index (κ3) is 4.18. The normalized spacial score (nSPS) is 14.8. The second kappa shape index (κ2) is 8.28. The van der Waals surface area contributed by atoms with Gasteiger partial charge in [-0.2, -0.15) is 4.31 Å². The molecule has 8 heteroatoms. The topological polar surface area (TPSA) is 66.9 Å². The molecule has 1 saturated heterocycles. The minimum atomic E-state index is -3.73. The van der Waals surface area contributed by atoms with E-state index in [1.54, 1.807) is 25.2 Å². The van der Waals surface area contributed by atoms with E-state index in [0.717, 1.165) is 18.4 Å². The Morgan fingerprint density at radius 1 is 1.14 bits per heavy atom. The number of halogens is 1. The van der Waals surface area contributed by atoms with Gasteiger partial charge in [0.05, 0.1) is 7.11 Å². The molecule has 0 atom stereocenters. The molecular weight excluding hydrogens is 383 g/mol. The molecule has 1 fully saturated rings. The maximum atomic E-state index is 13.1. The van der Waals surface area contributed by atoms with Crippen LogP contribution in [0.2, 0.25) is 0 Å². The van der Waals surface area contributed by atoms with Crippen molar-refractivity contribution >= 4 is 15.9 Å². The zero-order valence-corrected chi connectivity index (χ0v) is 16.7. The largest absolute Gasteiger partial charge is 0.495 e. The number of ether oxygens (including phenoxy) is 1. The molecule has 0 saturated carbocycles. The highest BCUT2D eigenvalue weighted by molar-refractivity contribution is 7.89. The van der Waals surface area contributed by atoms with Crippen molar-refractivity contribution < 1.29 is 22.3 Å². The standard InChI is InChI=1S/C20H23FN2O4S/c1-22(14-15-5-8-17(21)9-6-15)20(24)16-7-10-18(27-2)19(13-16)28(25,26)23-11-3-4-12-23/h5-10,13H,3-4,11-12,14H2,1-2H3. The van der Waals surface area contributed by atoms with Crippen molar-refractivity contribution in [3.05, 3.63) is 59.4 Å². The molecule has 28 heavy (non-hydrogen) atoms. The number of carbonyl (C=O) groups is 1. The molecule has 1 heterocycles. The monoisotopic (exact) mass is 406 g/mol. The van der Waals surface area contributed by atoms with Crippen LogP contribution < -0.4 is 4.74 Å². The van der Waals surface area contributed by atoms with Crippen LogP contribution in [0.1, 0.15) is 28.8 Å². The summed E-state index contributed by atoms with van der Waals surface area (Å²) in [6.45, 7) is 1.21. The van der Waals surface area contributed by atoms with E-state index in [1.807, 2.05) is 0 Å². The number of hydrogen-bond acceptors (Lipinski definition) is 4. The van der Waals surface area contributed by atoms with Gasteiger partial charge in [0.1, 0.15) is 16.5 Å². The third-order valence-corrected chi connectivity index (χ3v) is 6.69. The van der Waals surface area contributed by atoms with Crippen molar-refractivity contribution in [1.82, 2.24) is 9.21 Å². The number of amides is 1. The Kier molecular flexibility index (Phi) is 6.00. The smallest absolute Gasteiger partial charge is 0.253 e. The molecular formula is C20H23FN2O4S. The molecule has 2 aromatic rings. The Labute approximate surface area is 164 Å². The van der Waals surface area contributed by atoms with Crippen molar-refractivity contribution in [3.63, 3.8) is 0 Å². The van der Waals surface area contributed by atoms with Crippen molar-refractivity contribution in [2.24, 2.45) is 0 Å². The molecule has 0 aliphatic carbocycles. The maximum Gasteiger partial charge on any atom is 0.253 e. The van der Waals surface area contributed by atoms with Gasteiger partial charge >= 0.3 is 0 Å². The Bertz CT molecular complexity index is 955. The van der Waals surface area contributed by atoms with Gasteiger partial charge in [0, 0.05) is 32.2 Å². The van der Waals surface area contributed by atoms with Crippen LogP contribution in [0, 0.1) is 5.82 Å². The van der Waals surface area contributed by atoms with Gasteiger partial charge in [0.15, 0.2) is 0 Å². The summed E-state index contributed by atoms with van der Waals surface area (Å²) in [7, 11) is -0.712. The van der Waals surface area contributed by atoms with Crippen LogP contribution in [0.3, 0.4) is 0 Å². The summed E-state index contributed by atoms with van der Waals surface area (Å²) in [5.74, 6) is -0.459. The van der Waals surface area contributed by atoms with Gasteiger partial charge in [-0.3, -0.25) is 4.79 Å². The maximum absolute atomic E-state index is 13.1.